The molecule has 2 aromatic rings. The van der Waals surface area contributed by atoms with Gasteiger partial charge >= 0.3 is 0 Å². The number of hydrogen-bond donors (Lipinski definition) is 1. The molecule has 0 aliphatic heterocycles. The summed E-state index contributed by atoms with van der Waals surface area (Å²) in [5.74, 6) is 0.204. The molecule has 24 heavy (non-hydrogen) atoms. The number of halogens is 1. The van der Waals surface area contributed by atoms with Crippen LogP contribution in [0, 0.1) is 0 Å². The molecule has 0 saturated carbocycles. The van der Waals surface area contributed by atoms with Crippen LogP contribution in [0.4, 0.5) is 5.69 Å². The molecule has 0 aliphatic rings. The van der Waals surface area contributed by atoms with Crippen LogP contribution in [0.2, 0.25) is 5.02 Å². The van der Waals surface area contributed by atoms with Gasteiger partial charge in [0.2, 0.25) is 0 Å². The summed E-state index contributed by atoms with van der Waals surface area (Å²) in [6.07, 6.45) is 1.04. The fourth-order valence-electron chi connectivity index (χ4n) is 2.12. The number of rotatable bonds is 5. The molecule has 0 unspecified atom stereocenters. The van der Waals surface area contributed by atoms with E-state index in [1.807, 2.05) is 0 Å². The maximum atomic E-state index is 12.5. The number of sulfone groups is 1. The third kappa shape index (κ3) is 3.80. The summed E-state index contributed by atoms with van der Waals surface area (Å²) < 4.78 is 33.9. The van der Waals surface area contributed by atoms with Crippen LogP contribution in [0.3, 0.4) is 0 Å². The minimum absolute atomic E-state index is 0.0332. The maximum absolute atomic E-state index is 12.5. The van der Waals surface area contributed by atoms with E-state index in [-0.39, 0.29) is 21.2 Å². The summed E-state index contributed by atoms with van der Waals surface area (Å²) in [6, 6.07) is 8.94. The van der Waals surface area contributed by atoms with Crippen LogP contribution >= 0.6 is 11.6 Å². The first-order valence-corrected chi connectivity index (χ1v) is 9.06. The largest absolute Gasteiger partial charge is 0.493 e. The Hall–Kier alpha value is -2.25. The Morgan fingerprint density at radius 1 is 1.08 bits per heavy atom. The molecule has 0 bridgehead atoms. The molecule has 1 N–H and O–H groups in total. The van der Waals surface area contributed by atoms with Crippen LogP contribution in [-0.4, -0.2) is 34.8 Å². The lowest BCUT2D eigenvalue weighted by Gasteiger charge is -2.13. The first-order chi connectivity index (χ1) is 11.3. The lowest BCUT2D eigenvalue weighted by molar-refractivity contribution is 0.102. The van der Waals surface area contributed by atoms with Crippen molar-refractivity contribution in [1.29, 1.82) is 0 Å². The van der Waals surface area contributed by atoms with E-state index in [1.165, 1.54) is 38.5 Å². The van der Waals surface area contributed by atoms with Gasteiger partial charge in [-0.05, 0) is 12.1 Å². The van der Waals surface area contributed by atoms with E-state index in [2.05, 4.69) is 5.32 Å². The summed E-state index contributed by atoms with van der Waals surface area (Å²) in [7, 11) is -0.621. The lowest BCUT2D eigenvalue weighted by Crippen LogP contribution is -2.16. The van der Waals surface area contributed by atoms with Gasteiger partial charge in [-0.25, -0.2) is 8.42 Å². The molecule has 0 spiro atoms. The van der Waals surface area contributed by atoms with Gasteiger partial charge < -0.3 is 14.8 Å². The van der Waals surface area contributed by atoms with Crippen LogP contribution in [0.15, 0.2) is 41.3 Å². The molecule has 0 radical (unpaired) electrons. The highest BCUT2D eigenvalue weighted by molar-refractivity contribution is 7.90. The van der Waals surface area contributed by atoms with Gasteiger partial charge in [-0.15, -0.1) is 0 Å². The topological polar surface area (TPSA) is 81.7 Å². The Balaban J connectivity index is 2.42. The third-order valence-corrected chi connectivity index (χ3v) is 4.72. The predicted molar refractivity (Wildman–Crippen MR) is 92.1 cm³/mol. The van der Waals surface area contributed by atoms with Crippen molar-refractivity contribution in [2.24, 2.45) is 0 Å². The number of carbonyl (C=O) groups is 1. The van der Waals surface area contributed by atoms with E-state index < -0.39 is 15.7 Å². The van der Waals surface area contributed by atoms with E-state index in [9.17, 15) is 13.2 Å². The van der Waals surface area contributed by atoms with Crippen molar-refractivity contribution in [1.82, 2.24) is 0 Å². The van der Waals surface area contributed by atoms with Crippen LogP contribution in [-0.2, 0) is 9.84 Å². The van der Waals surface area contributed by atoms with Crippen LogP contribution < -0.4 is 14.8 Å². The van der Waals surface area contributed by atoms with Crippen molar-refractivity contribution in [3.8, 4) is 11.5 Å². The molecule has 1 amide bonds. The van der Waals surface area contributed by atoms with E-state index in [4.69, 9.17) is 21.1 Å². The van der Waals surface area contributed by atoms with Crippen molar-refractivity contribution >= 4 is 33.0 Å². The zero-order valence-corrected chi connectivity index (χ0v) is 14.9. The molecule has 2 rings (SSSR count). The molecule has 0 atom stereocenters. The molecule has 0 aromatic heterocycles. The Labute approximate surface area is 145 Å². The number of carbonyl (C=O) groups excluding carboxylic acids is 1. The average molecular weight is 370 g/mol. The SMILES string of the molecule is COc1cc(Cl)c(NC(=O)c2ccccc2S(C)(=O)=O)cc1OC. The number of amides is 1. The Morgan fingerprint density at radius 3 is 2.25 bits per heavy atom. The summed E-state index contributed by atoms with van der Waals surface area (Å²) in [5.41, 5.74) is 0.313. The van der Waals surface area contributed by atoms with Gasteiger partial charge in [-0.3, -0.25) is 4.79 Å². The average Bonchev–Trinajstić information content (AvgIpc) is 2.55. The van der Waals surface area contributed by atoms with Gasteiger partial charge in [0, 0.05) is 18.4 Å². The monoisotopic (exact) mass is 369 g/mol. The fraction of sp³-hybridized carbons (Fsp3) is 0.188. The predicted octanol–water partition coefficient (Wildman–Crippen LogP) is 3.01. The zero-order chi connectivity index (χ0) is 17.9. The normalized spacial score (nSPS) is 11.0. The summed E-state index contributed by atoms with van der Waals surface area (Å²) in [4.78, 5) is 12.4. The first-order valence-electron chi connectivity index (χ1n) is 6.80. The quantitative estimate of drug-likeness (QED) is 0.876. The number of benzene rings is 2. The summed E-state index contributed by atoms with van der Waals surface area (Å²) >= 11 is 6.13. The highest BCUT2D eigenvalue weighted by atomic mass is 35.5. The van der Waals surface area contributed by atoms with E-state index in [1.54, 1.807) is 12.1 Å². The maximum Gasteiger partial charge on any atom is 0.257 e. The molecule has 0 saturated heterocycles. The fourth-order valence-corrected chi connectivity index (χ4v) is 3.20. The molecule has 8 heteroatoms. The van der Waals surface area contributed by atoms with Crippen molar-refractivity contribution in [3.05, 3.63) is 47.0 Å². The number of nitrogens with one attached hydrogen (secondary N) is 1. The highest BCUT2D eigenvalue weighted by Gasteiger charge is 2.19. The van der Waals surface area contributed by atoms with Crippen molar-refractivity contribution in [3.63, 3.8) is 0 Å². The van der Waals surface area contributed by atoms with Crippen molar-refractivity contribution in [2.75, 3.05) is 25.8 Å². The van der Waals surface area contributed by atoms with Gasteiger partial charge in [0.25, 0.3) is 5.91 Å². The molecule has 0 aliphatic carbocycles. The molecule has 0 heterocycles. The minimum atomic E-state index is -3.54. The second-order valence-corrected chi connectivity index (χ2v) is 7.30. The number of methoxy groups -OCH3 is 2. The number of anilines is 1. The van der Waals surface area contributed by atoms with Gasteiger partial charge in [0.05, 0.1) is 35.4 Å². The van der Waals surface area contributed by atoms with Gasteiger partial charge in [0.1, 0.15) is 0 Å². The summed E-state index contributed by atoms with van der Waals surface area (Å²) in [5, 5.41) is 2.83. The van der Waals surface area contributed by atoms with Crippen molar-refractivity contribution < 1.29 is 22.7 Å². The van der Waals surface area contributed by atoms with Crippen LogP contribution in [0.25, 0.3) is 0 Å². The lowest BCUT2D eigenvalue weighted by atomic mass is 10.2. The zero-order valence-electron chi connectivity index (χ0n) is 13.3. The third-order valence-electron chi connectivity index (χ3n) is 3.25. The Bertz CT molecular complexity index is 880. The second-order valence-electron chi connectivity index (χ2n) is 4.91. The highest BCUT2D eigenvalue weighted by Crippen LogP contribution is 2.36. The van der Waals surface area contributed by atoms with E-state index in [0.29, 0.717) is 11.5 Å². The van der Waals surface area contributed by atoms with Gasteiger partial charge in [-0.2, -0.15) is 0 Å². The number of hydrogen-bond acceptors (Lipinski definition) is 5. The first kappa shape index (κ1) is 18.1. The molecular weight excluding hydrogens is 354 g/mol. The van der Waals surface area contributed by atoms with E-state index in [0.717, 1.165) is 6.26 Å². The molecular formula is C16H16ClNO5S. The molecule has 128 valence electrons. The standard InChI is InChI=1S/C16H16ClNO5S/c1-22-13-8-11(17)12(9-14(13)23-2)18-16(19)10-6-4-5-7-15(10)24(3,20)21/h4-9H,1-3H3,(H,18,19). The second kappa shape index (κ2) is 7.11. The number of ether oxygens (including phenoxy) is 2. The smallest absolute Gasteiger partial charge is 0.257 e. The van der Waals surface area contributed by atoms with Gasteiger partial charge in [0.15, 0.2) is 21.3 Å². The summed E-state index contributed by atoms with van der Waals surface area (Å²) in [6.45, 7) is 0. The Morgan fingerprint density at radius 2 is 1.67 bits per heavy atom. The molecule has 0 fully saturated rings. The Kier molecular flexibility index (Phi) is 5.36. The molecule has 2 aromatic carbocycles. The molecule has 6 nitrogen and oxygen atoms in total. The van der Waals surface area contributed by atoms with E-state index >= 15 is 0 Å². The van der Waals surface area contributed by atoms with Crippen LogP contribution in [0.1, 0.15) is 10.4 Å². The van der Waals surface area contributed by atoms with Crippen molar-refractivity contribution in [2.45, 2.75) is 4.90 Å². The minimum Gasteiger partial charge on any atom is -0.493 e. The van der Waals surface area contributed by atoms with Crippen LogP contribution in [0.5, 0.6) is 11.5 Å². The van der Waals surface area contributed by atoms with Gasteiger partial charge in [-0.1, -0.05) is 23.7 Å².